The number of hydrogen-bond acceptors (Lipinski definition) is 4. The second-order valence-electron chi connectivity index (χ2n) is 3.85. The van der Waals surface area contributed by atoms with Crippen molar-refractivity contribution in [3.05, 3.63) is 55.7 Å². The summed E-state index contributed by atoms with van der Waals surface area (Å²) >= 11 is 5.81. The molecule has 0 unspecified atom stereocenters. The highest BCUT2D eigenvalue weighted by Gasteiger charge is 2.20. The first-order valence-corrected chi connectivity index (χ1v) is 5.90. The van der Waals surface area contributed by atoms with Gasteiger partial charge in [-0.25, -0.2) is 9.36 Å². The van der Waals surface area contributed by atoms with Crippen LogP contribution in [0.15, 0.2) is 33.9 Å². The molecule has 2 rings (SSSR count). The summed E-state index contributed by atoms with van der Waals surface area (Å²) in [5.41, 5.74) is -2.17. The van der Waals surface area contributed by atoms with Crippen LogP contribution < -0.4 is 16.6 Å². The van der Waals surface area contributed by atoms with Crippen LogP contribution in [0.5, 0.6) is 5.88 Å². The van der Waals surface area contributed by atoms with Crippen LogP contribution >= 0.6 is 11.6 Å². The Kier molecular flexibility index (Phi) is 3.62. The second kappa shape index (κ2) is 5.22. The molecule has 0 saturated carbocycles. The lowest BCUT2D eigenvalue weighted by atomic mass is 10.2. The van der Waals surface area contributed by atoms with Crippen molar-refractivity contribution in [2.45, 2.75) is 0 Å². The minimum Gasteiger partial charge on any atom is -0.493 e. The number of carbonyl (C=O) groups is 1. The van der Waals surface area contributed by atoms with Gasteiger partial charge in [-0.1, -0.05) is 17.7 Å². The smallest absolute Gasteiger partial charge is 0.335 e. The minimum absolute atomic E-state index is 0.224. The number of nitrogens with one attached hydrogen (secondary N) is 2. The fourth-order valence-corrected chi connectivity index (χ4v) is 1.89. The van der Waals surface area contributed by atoms with Crippen LogP contribution in [0.2, 0.25) is 5.02 Å². The fraction of sp³-hybridized carbons (Fsp3) is 0.0833. The standard InChI is InChI=1S/C12H10ClN3O4/c1-14-9(17)8-10(18)15-12(20)16(11(8)19)7-4-2-3-6(13)5-7/h2-5,19H,1H3,(H,14,17)(H,15,18,20). The lowest BCUT2D eigenvalue weighted by molar-refractivity contribution is 0.0957. The summed E-state index contributed by atoms with van der Waals surface area (Å²) < 4.78 is 0.790. The van der Waals surface area contributed by atoms with Crippen molar-refractivity contribution in [3.8, 4) is 11.6 Å². The van der Waals surface area contributed by atoms with E-state index >= 15 is 0 Å². The number of H-pyrrole nitrogens is 1. The van der Waals surface area contributed by atoms with Crippen molar-refractivity contribution in [3.63, 3.8) is 0 Å². The average Bonchev–Trinajstić information content (AvgIpc) is 2.37. The second-order valence-corrected chi connectivity index (χ2v) is 4.29. The molecule has 3 N–H and O–H groups in total. The van der Waals surface area contributed by atoms with Crippen molar-refractivity contribution in [2.75, 3.05) is 7.05 Å². The first-order valence-electron chi connectivity index (χ1n) is 5.52. The molecule has 0 aliphatic heterocycles. The van der Waals surface area contributed by atoms with Crippen molar-refractivity contribution in [1.82, 2.24) is 14.9 Å². The van der Waals surface area contributed by atoms with E-state index in [1.165, 1.54) is 19.2 Å². The third-order valence-corrected chi connectivity index (χ3v) is 2.84. The van der Waals surface area contributed by atoms with Crippen LogP contribution in [-0.2, 0) is 0 Å². The molecule has 8 heteroatoms. The van der Waals surface area contributed by atoms with Crippen molar-refractivity contribution in [1.29, 1.82) is 0 Å². The van der Waals surface area contributed by atoms with E-state index in [0.717, 1.165) is 4.57 Å². The number of benzene rings is 1. The van der Waals surface area contributed by atoms with Gasteiger partial charge < -0.3 is 10.4 Å². The van der Waals surface area contributed by atoms with Crippen LogP contribution in [0.25, 0.3) is 5.69 Å². The topological polar surface area (TPSA) is 104 Å². The highest BCUT2D eigenvalue weighted by molar-refractivity contribution is 6.30. The molecule has 2 aromatic rings. The molecule has 0 saturated heterocycles. The van der Waals surface area contributed by atoms with E-state index in [0.29, 0.717) is 5.02 Å². The van der Waals surface area contributed by atoms with Gasteiger partial charge in [-0.15, -0.1) is 0 Å². The Morgan fingerprint density at radius 3 is 2.70 bits per heavy atom. The molecule has 0 spiro atoms. The Bertz CT molecular complexity index is 794. The molecule has 0 atom stereocenters. The van der Waals surface area contributed by atoms with Gasteiger partial charge in [0, 0.05) is 12.1 Å². The molecular weight excluding hydrogens is 286 g/mol. The number of halogens is 1. The predicted molar refractivity (Wildman–Crippen MR) is 72.7 cm³/mol. The SMILES string of the molecule is CNC(=O)c1c(O)n(-c2cccc(Cl)c2)c(=O)[nH]c1=O. The Hall–Kier alpha value is -2.54. The Morgan fingerprint density at radius 1 is 1.40 bits per heavy atom. The molecule has 1 amide bonds. The summed E-state index contributed by atoms with van der Waals surface area (Å²) in [5.74, 6) is -1.56. The van der Waals surface area contributed by atoms with Gasteiger partial charge in [0.05, 0.1) is 5.69 Å². The number of nitrogens with zero attached hydrogens (tertiary/aromatic N) is 1. The quantitative estimate of drug-likeness (QED) is 0.738. The van der Waals surface area contributed by atoms with E-state index in [1.54, 1.807) is 12.1 Å². The van der Waals surface area contributed by atoms with Gasteiger partial charge in [0.15, 0.2) is 5.56 Å². The number of aromatic amines is 1. The number of aromatic hydroxyl groups is 1. The maximum Gasteiger partial charge on any atom is 0.335 e. The maximum atomic E-state index is 11.8. The Morgan fingerprint density at radius 2 is 2.10 bits per heavy atom. The molecule has 0 radical (unpaired) electrons. The number of hydrogen-bond donors (Lipinski definition) is 3. The highest BCUT2D eigenvalue weighted by atomic mass is 35.5. The zero-order valence-corrected chi connectivity index (χ0v) is 11.1. The van der Waals surface area contributed by atoms with Crippen molar-refractivity contribution in [2.24, 2.45) is 0 Å². The summed E-state index contributed by atoms with van der Waals surface area (Å²) in [6.45, 7) is 0. The molecular formula is C12H10ClN3O4. The zero-order valence-electron chi connectivity index (χ0n) is 10.3. The normalized spacial score (nSPS) is 10.3. The number of rotatable bonds is 2. The molecule has 20 heavy (non-hydrogen) atoms. The fourth-order valence-electron chi connectivity index (χ4n) is 1.71. The largest absolute Gasteiger partial charge is 0.493 e. The molecule has 0 aliphatic carbocycles. The van der Waals surface area contributed by atoms with Gasteiger partial charge in [-0.3, -0.25) is 14.6 Å². The van der Waals surface area contributed by atoms with E-state index in [2.05, 4.69) is 5.32 Å². The molecule has 0 fully saturated rings. The van der Waals surface area contributed by atoms with Gasteiger partial charge in [0.2, 0.25) is 5.88 Å². The average molecular weight is 296 g/mol. The number of amides is 1. The third-order valence-electron chi connectivity index (χ3n) is 2.61. The van der Waals surface area contributed by atoms with E-state index < -0.39 is 28.6 Å². The van der Waals surface area contributed by atoms with Crippen LogP contribution in [0.1, 0.15) is 10.4 Å². The van der Waals surface area contributed by atoms with Crippen molar-refractivity contribution >= 4 is 17.5 Å². The van der Waals surface area contributed by atoms with Crippen LogP contribution in [0, 0.1) is 0 Å². The number of carbonyl (C=O) groups excluding carboxylic acids is 1. The van der Waals surface area contributed by atoms with Gasteiger partial charge in [-0.05, 0) is 18.2 Å². The highest BCUT2D eigenvalue weighted by Crippen LogP contribution is 2.19. The first kappa shape index (κ1) is 13.9. The van der Waals surface area contributed by atoms with E-state index in [4.69, 9.17) is 11.6 Å². The Labute approximate surface area is 117 Å². The first-order chi connectivity index (χ1) is 9.45. The summed E-state index contributed by atoms with van der Waals surface area (Å²) in [4.78, 5) is 37.0. The maximum absolute atomic E-state index is 11.8. The molecule has 1 aromatic carbocycles. The molecule has 0 aliphatic rings. The minimum atomic E-state index is -0.967. The summed E-state index contributed by atoms with van der Waals surface area (Å²) in [7, 11) is 1.30. The molecule has 104 valence electrons. The zero-order chi connectivity index (χ0) is 14.9. The van der Waals surface area contributed by atoms with Gasteiger partial charge >= 0.3 is 5.69 Å². The van der Waals surface area contributed by atoms with E-state index in [1.807, 2.05) is 4.98 Å². The molecule has 1 aromatic heterocycles. The lowest BCUT2D eigenvalue weighted by Crippen LogP contribution is -2.35. The van der Waals surface area contributed by atoms with Gasteiger partial charge in [0.1, 0.15) is 0 Å². The van der Waals surface area contributed by atoms with Crippen LogP contribution in [0.3, 0.4) is 0 Å². The molecule has 1 heterocycles. The summed E-state index contributed by atoms with van der Waals surface area (Å²) in [5, 5.41) is 12.6. The lowest BCUT2D eigenvalue weighted by Gasteiger charge is -2.10. The summed E-state index contributed by atoms with van der Waals surface area (Å²) in [6, 6.07) is 6.06. The Balaban J connectivity index is 2.81. The van der Waals surface area contributed by atoms with E-state index in [9.17, 15) is 19.5 Å². The van der Waals surface area contributed by atoms with E-state index in [-0.39, 0.29) is 5.69 Å². The van der Waals surface area contributed by atoms with Crippen LogP contribution in [-0.4, -0.2) is 27.6 Å². The monoisotopic (exact) mass is 295 g/mol. The molecule has 0 bridgehead atoms. The predicted octanol–water partition coefficient (Wildman–Crippen LogP) is 0.244. The van der Waals surface area contributed by atoms with Crippen molar-refractivity contribution < 1.29 is 9.90 Å². The van der Waals surface area contributed by atoms with Gasteiger partial charge in [-0.2, -0.15) is 0 Å². The third kappa shape index (κ3) is 2.30. The summed E-state index contributed by atoms with van der Waals surface area (Å²) in [6.07, 6.45) is 0. The molecule has 7 nitrogen and oxygen atoms in total. The number of aromatic nitrogens is 2. The van der Waals surface area contributed by atoms with Gasteiger partial charge in [0.25, 0.3) is 11.5 Å². The van der Waals surface area contributed by atoms with Crippen LogP contribution in [0.4, 0.5) is 0 Å².